The van der Waals surface area contributed by atoms with Gasteiger partial charge in [0.05, 0.1) is 6.20 Å². The second-order valence-corrected chi connectivity index (χ2v) is 5.80. The van der Waals surface area contributed by atoms with E-state index in [0.717, 1.165) is 14.9 Å². The summed E-state index contributed by atoms with van der Waals surface area (Å²) in [5.41, 5.74) is 0.886. The number of thiophene rings is 1. The summed E-state index contributed by atoms with van der Waals surface area (Å²) in [6.07, 6.45) is 3.29. The number of aromatic nitrogens is 1. The Labute approximate surface area is 116 Å². The van der Waals surface area contributed by atoms with Gasteiger partial charge in [0.2, 0.25) is 0 Å². The fourth-order valence-electron chi connectivity index (χ4n) is 1.40. The highest BCUT2D eigenvalue weighted by atomic mass is 79.9. The monoisotopic (exact) mass is 327 g/mol. The normalized spacial score (nSPS) is 10.3. The maximum absolute atomic E-state index is 10.8. The fraction of sp³-hybridized carbons (Fsp3) is 0.167. The number of carbonyl (C=O) groups is 1. The van der Waals surface area contributed by atoms with E-state index in [-0.39, 0.29) is 0 Å². The third-order valence-electron chi connectivity index (χ3n) is 2.31. The maximum Gasteiger partial charge on any atom is 0.345 e. The number of carboxylic acid groups (broad SMARTS) is 1. The highest BCUT2D eigenvalue weighted by molar-refractivity contribution is 9.10. The first kappa shape index (κ1) is 13.0. The lowest BCUT2D eigenvalue weighted by atomic mass is 10.2. The van der Waals surface area contributed by atoms with Gasteiger partial charge in [0.25, 0.3) is 0 Å². The second-order valence-electron chi connectivity index (χ2n) is 3.62. The molecule has 94 valence electrons. The van der Waals surface area contributed by atoms with Crippen LogP contribution in [0.1, 0.15) is 20.1 Å². The van der Waals surface area contributed by atoms with Crippen molar-refractivity contribution >= 4 is 33.2 Å². The molecule has 0 bridgehead atoms. The molecule has 4 nitrogen and oxygen atoms in total. The molecule has 0 spiro atoms. The van der Waals surface area contributed by atoms with E-state index in [1.165, 1.54) is 11.3 Å². The Morgan fingerprint density at radius 3 is 2.89 bits per heavy atom. The first-order chi connectivity index (χ1) is 8.56. The van der Waals surface area contributed by atoms with Crippen LogP contribution in [0.2, 0.25) is 0 Å². The number of ether oxygens (including phenoxy) is 1. The summed E-state index contributed by atoms with van der Waals surface area (Å²) in [7, 11) is 0. The molecular formula is C12H10BrNO3S. The zero-order valence-corrected chi connectivity index (χ0v) is 11.9. The van der Waals surface area contributed by atoms with Crippen LogP contribution in [-0.4, -0.2) is 16.1 Å². The summed E-state index contributed by atoms with van der Waals surface area (Å²) in [5.74, 6) is -0.259. The zero-order chi connectivity index (χ0) is 13.1. The van der Waals surface area contributed by atoms with E-state index in [2.05, 4.69) is 20.9 Å². The molecular weight excluding hydrogens is 318 g/mol. The highest BCUT2D eigenvalue weighted by Crippen LogP contribution is 2.24. The Balaban J connectivity index is 2.08. The summed E-state index contributed by atoms with van der Waals surface area (Å²) >= 11 is 4.56. The number of nitrogens with zero attached hydrogens (tertiary/aromatic N) is 1. The van der Waals surface area contributed by atoms with Crippen LogP contribution in [0.4, 0.5) is 0 Å². The number of aromatic carboxylic acids is 1. The predicted octanol–water partition coefficient (Wildman–Crippen LogP) is 3.49. The molecule has 0 atom stereocenters. The number of hydrogen-bond acceptors (Lipinski definition) is 4. The van der Waals surface area contributed by atoms with Crippen LogP contribution in [0, 0.1) is 6.92 Å². The average Bonchev–Trinajstić information content (AvgIpc) is 2.68. The molecule has 0 unspecified atom stereocenters. The first-order valence-corrected chi connectivity index (χ1v) is 6.73. The molecule has 2 rings (SSSR count). The minimum Gasteiger partial charge on any atom is -0.487 e. The van der Waals surface area contributed by atoms with E-state index in [4.69, 9.17) is 9.84 Å². The van der Waals surface area contributed by atoms with Crippen molar-refractivity contribution in [2.45, 2.75) is 13.5 Å². The van der Waals surface area contributed by atoms with E-state index < -0.39 is 5.97 Å². The van der Waals surface area contributed by atoms with E-state index in [1.807, 2.05) is 13.0 Å². The van der Waals surface area contributed by atoms with Crippen LogP contribution in [0.25, 0.3) is 0 Å². The second kappa shape index (κ2) is 5.49. The molecule has 0 aliphatic heterocycles. The SMILES string of the molecule is Cc1sc(C(=O)O)cc1COc1cncc(Br)c1. The molecule has 0 saturated heterocycles. The highest BCUT2D eigenvalue weighted by Gasteiger charge is 2.11. The molecule has 0 radical (unpaired) electrons. The minimum absolute atomic E-state index is 0.332. The standard InChI is InChI=1S/C12H10BrNO3S/c1-7-8(2-11(18-7)12(15)16)6-17-10-3-9(13)4-14-5-10/h2-5H,6H2,1H3,(H,15,16). The van der Waals surface area contributed by atoms with E-state index >= 15 is 0 Å². The van der Waals surface area contributed by atoms with Crippen LogP contribution in [0.5, 0.6) is 5.75 Å². The van der Waals surface area contributed by atoms with Gasteiger partial charge in [0, 0.05) is 21.1 Å². The van der Waals surface area contributed by atoms with Crippen LogP contribution < -0.4 is 4.74 Å². The van der Waals surface area contributed by atoms with Gasteiger partial charge in [-0.2, -0.15) is 0 Å². The third-order valence-corrected chi connectivity index (χ3v) is 3.82. The number of carboxylic acids is 1. The van der Waals surface area contributed by atoms with Crippen LogP contribution >= 0.6 is 27.3 Å². The van der Waals surface area contributed by atoms with Crippen molar-refractivity contribution in [2.24, 2.45) is 0 Å². The molecule has 18 heavy (non-hydrogen) atoms. The molecule has 2 aromatic rings. The summed E-state index contributed by atoms with van der Waals surface area (Å²) in [4.78, 5) is 16.1. The van der Waals surface area contributed by atoms with Crippen LogP contribution in [0.15, 0.2) is 29.0 Å². The molecule has 2 aromatic heterocycles. The van der Waals surface area contributed by atoms with Gasteiger partial charge in [-0.15, -0.1) is 11.3 Å². The predicted molar refractivity (Wildman–Crippen MR) is 72.3 cm³/mol. The van der Waals surface area contributed by atoms with Gasteiger partial charge in [-0.3, -0.25) is 4.98 Å². The lowest BCUT2D eigenvalue weighted by Gasteiger charge is -2.05. The van der Waals surface area contributed by atoms with Crippen molar-refractivity contribution in [2.75, 3.05) is 0 Å². The Morgan fingerprint density at radius 2 is 2.28 bits per heavy atom. The number of rotatable bonds is 4. The fourth-order valence-corrected chi connectivity index (χ4v) is 2.61. The zero-order valence-electron chi connectivity index (χ0n) is 9.51. The largest absolute Gasteiger partial charge is 0.487 e. The number of pyridine rings is 1. The van der Waals surface area contributed by atoms with Crippen molar-refractivity contribution in [3.63, 3.8) is 0 Å². The van der Waals surface area contributed by atoms with Gasteiger partial charge >= 0.3 is 5.97 Å². The minimum atomic E-state index is -0.904. The molecule has 0 saturated carbocycles. The van der Waals surface area contributed by atoms with E-state index in [0.29, 0.717) is 17.2 Å². The summed E-state index contributed by atoms with van der Waals surface area (Å²) < 4.78 is 6.41. The van der Waals surface area contributed by atoms with Crippen molar-refractivity contribution in [3.8, 4) is 5.75 Å². The molecule has 0 aromatic carbocycles. The quantitative estimate of drug-likeness (QED) is 0.933. The van der Waals surface area contributed by atoms with E-state index in [1.54, 1.807) is 18.5 Å². The van der Waals surface area contributed by atoms with Crippen molar-refractivity contribution in [1.82, 2.24) is 4.98 Å². The molecule has 0 aliphatic carbocycles. The Morgan fingerprint density at radius 1 is 1.50 bits per heavy atom. The molecule has 1 N–H and O–H groups in total. The summed E-state index contributed by atoms with van der Waals surface area (Å²) in [6.45, 7) is 2.22. The van der Waals surface area contributed by atoms with Crippen LogP contribution in [0.3, 0.4) is 0 Å². The van der Waals surface area contributed by atoms with Gasteiger partial charge in [-0.1, -0.05) is 0 Å². The van der Waals surface area contributed by atoms with Gasteiger partial charge in [0.1, 0.15) is 17.2 Å². The van der Waals surface area contributed by atoms with Crippen LogP contribution in [-0.2, 0) is 6.61 Å². The number of hydrogen-bond donors (Lipinski definition) is 1. The molecule has 2 heterocycles. The maximum atomic E-state index is 10.8. The van der Waals surface area contributed by atoms with Gasteiger partial charge in [-0.25, -0.2) is 4.79 Å². The third kappa shape index (κ3) is 3.08. The van der Waals surface area contributed by atoms with E-state index in [9.17, 15) is 4.79 Å². The molecule has 6 heteroatoms. The molecule has 0 aliphatic rings. The summed E-state index contributed by atoms with van der Waals surface area (Å²) in [6, 6.07) is 3.46. The van der Waals surface area contributed by atoms with Crippen molar-refractivity contribution < 1.29 is 14.6 Å². The Bertz CT molecular complexity index is 582. The lowest BCUT2D eigenvalue weighted by molar-refractivity contribution is 0.0702. The number of aryl methyl sites for hydroxylation is 1. The van der Waals surface area contributed by atoms with Gasteiger partial charge < -0.3 is 9.84 Å². The van der Waals surface area contributed by atoms with Crippen molar-refractivity contribution in [1.29, 1.82) is 0 Å². The average molecular weight is 328 g/mol. The molecule has 0 fully saturated rings. The molecule has 0 amide bonds. The Kier molecular flexibility index (Phi) is 3.98. The lowest BCUT2D eigenvalue weighted by Crippen LogP contribution is -1.96. The first-order valence-electron chi connectivity index (χ1n) is 5.12. The summed E-state index contributed by atoms with van der Waals surface area (Å²) in [5, 5.41) is 8.90. The topological polar surface area (TPSA) is 59.4 Å². The number of halogens is 1. The van der Waals surface area contributed by atoms with Gasteiger partial charge in [-0.05, 0) is 35.0 Å². The smallest absolute Gasteiger partial charge is 0.345 e. The Hall–Kier alpha value is -1.40. The van der Waals surface area contributed by atoms with Crippen molar-refractivity contribution in [3.05, 3.63) is 44.3 Å². The van der Waals surface area contributed by atoms with Gasteiger partial charge in [0.15, 0.2) is 0 Å².